The molecule has 0 unspecified atom stereocenters. The largest absolute Gasteiger partial charge is 0.465 e. The van der Waals surface area contributed by atoms with Crippen molar-refractivity contribution < 1.29 is 9.53 Å². The molecule has 0 N–H and O–H groups in total. The Kier molecular flexibility index (Phi) is 3.28. The van der Waals surface area contributed by atoms with Crippen molar-refractivity contribution in [2.75, 3.05) is 7.11 Å². The number of hydrogen-bond acceptors (Lipinski definition) is 3. The van der Waals surface area contributed by atoms with Gasteiger partial charge in [0, 0.05) is 10.2 Å². The van der Waals surface area contributed by atoms with Gasteiger partial charge in [0.25, 0.3) is 0 Å². The predicted molar refractivity (Wildman–Crippen MR) is 80.1 cm³/mol. The molecule has 3 aromatic rings. The Bertz CT molecular complexity index is 795. The van der Waals surface area contributed by atoms with Crippen molar-refractivity contribution in [1.29, 1.82) is 0 Å². The lowest BCUT2D eigenvalue weighted by Crippen LogP contribution is -2.00. The van der Waals surface area contributed by atoms with Crippen LogP contribution in [0.25, 0.3) is 16.7 Å². The number of carbonyl (C=O) groups is 1. The quantitative estimate of drug-likeness (QED) is 0.674. The number of fused-ring (bicyclic) bond motifs is 1. The van der Waals surface area contributed by atoms with Crippen molar-refractivity contribution >= 4 is 32.9 Å². The van der Waals surface area contributed by atoms with E-state index in [4.69, 9.17) is 4.74 Å². The smallest absolute Gasteiger partial charge is 0.337 e. The SMILES string of the molecule is COC(=O)c1ccc2c(c1)ncn2-c1cccc(Br)c1. The number of ether oxygens (including phenoxy) is 1. The minimum atomic E-state index is -0.357. The van der Waals surface area contributed by atoms with E-state index < -0.39 is 0 Å². The average Bonchev–Trinajstić information content (AvgIpc) is 2.89. The van der Waals surface area contributed by atoms with Gasteiger partial charge in [-0.3, -0.25) is 4.57 Å². The van der Waals surface area contributed by atoms with Gasteiger partial charge in [0.15, 0.2) is 0 Å². The lowest BCUT2D eigenvalue weighted by atomic mass is 10.2. The summed E-state index contributed by atoms with van der Waals surface area (Å²) < 4.78 is 7.69. The Morgan fingerprint density at radius 2 is 2.10 bits per heavy atom. The predicted octanol–water partition coefficient (Wildman–Crippen LogP) is 3.57. The molecule has 4 nitrogen and oxygen atoms in total. The number of carbonyl (C=O) groups excluding carboxylic acids is 1. The van der Waals surface area contributed by atoms with Crippen molar-refractivity contribution in [3.05, 3.63) is 58.8 Å². The molecule has 1 heterocycles. The fourth-order valence-corrected chi connectivity index (χ4v) is 2.48. The molecule has 0 radical (unpaired) electrons. The second kappa shape index (κ2) is 5.09. The standard InChI is InChI=1S/C15H11BrN2O2/c1-20-15(19)10-5-6-14-13(7-10)17-9-18(14)12-4-2-3-11(16)8-12/h2-9H,1H3. The van der Waals surface area contributed by atoms with Crippen molar-refractivity contribution in [1.82, 2.24) is 9.55 Å². The fourth-order valence-electron chi connectivity index (χ4n) is 2.09. The first kappa shape index (κ1) is 12.9. The van der Waals surface area contributed by atoms with Crippen LogP contribution >= 0.6 is 15.9 Å². The zero-order chi connectivity index (χ0) is 14.1. The molecule has 2 aromatic carbocycles. The van der Waals surface area contributed by atoms with E-state index in [2.05, 4.69) is 20.9 Å². The third kappa shape index (κ3) is 2.20. The molecule has 0 amide bonds. The second-order valence-electron chi connectivity index (χ2n) is 4.29. The third-order valence-corrected chi connectivity index (χ3v) is 3.55. The summed E-state index contributed by atoms with van der Waals surface area (Å²) in [4.78, 5) is 15.9. The molecule has 100 valence electrons. The highest BCUT2D eigenvalue weighted by Crippen LogP contribution is 2.22. The number of hydrogen-bond donors (Lipinski definition) is 0. The maximum atomic E-state index is 11.5. The highest BCUT2D eigenvalue weighted by molar-refractivity contribution is 9.10. The van der Waals surface area contributed by atoms with Gasteiger partial charge >= 0.3 is 5.97 Å². The Morgan fingerprint density at radius 3 is 2.85 bits per heavy atom. The molecule has 0 saturated heterocycles. The first-order chi connectivity index (χ1) is 9.69. The van der Waals surface area contributed by atoms with Crippen LogP contribution in [0.3, 0.4) is 0 Å². The van der Waals surface area contributed by atoms with E-state index in [1.165, 1.54) is 7.11 Å². The topological polar surface area (TPSA) is 44.1 Å². The molecule has 0 aliphatic rings. The molecule has 0 aliphatic heterocycles. The van der Waals surface area contributed by atoms with Gasteiger partial charge in [0.1, 0.15) is 6.33 Å². The maximum absolute atomic E-state index is 11.5. The van der Waals surface area contributed by atoms with E-state index in [0.29, 0.717) is 5.56 Å². The summed E-state index contributed by atoms with van der Waals surface area (Å²) >= 11 is 3.46. The number of aromatic nitrogens is 2. The third-order valence-electron chi connectivity index (χ3n) is 3.05. The Morgan fingerprint density at radius 1 is 1.25 bits per heavy atom. The Balaban J connectivity index is 2.13. The second-order valence-corrected chi connectivity index (χ2v) is 5.21. The summed E-state index contributed by atoms with van der Waals surface area (Å²) in [6.45, 7) is 0. The van der Waals surface area contributed by atoms with Crippen molar-refractivity contribution in [3.8, 4) is 5.69 Å². The molecular weight excluding hydrogens is 320 g/mol. The highest BCUT2D eigenvalue weighted by atomic mass is 79.9. The van der Waals surface area contributed by atoms with Gasteiger partial charge in [-0.2, -0.15) is 0 Å². The van der Waals surface area contributed by atoms with Crippen LogP contribution in [0.15, 0.2) is 53.3 Å². The molecule has 0 bridgehead atoms. The zero-order valence-electron chi connectivity index (χ0n) is 10.7. The summed E-state index contributed by atoms with van der Waals surface area (Å²) in [5.41, 5.74) is 3.20. The zero-order valence-corrected chi connectivity index (χ0v) is 12.3. The summed E-state index contributed by atoms with van der Waals surface area (Å²) in [6.07, 6.45) is 1.74. The average molecular weight is 331 g/mol. The van der Waals surface area contributed by atoms with E-state index in [0.717, 1.165) is 21.2 Å². The molecule has 1 aromatic heterocycles. The minimum Gasteiger partial charge on any atom is -0.465 e. The summed E-state index contributed by atoms with van der Waals surface area (Å²) in [7, 11) is 1.37. The Hall–Kier alpha value is -2.14. The lowest BCUT2D eigenvalue weighted by Gasteiger charge is -2.05. The van der Waals surface area contributed by atoms with E-state index in [1.807, 2.05) is 34.9 Å². The molecule has 0 saturated carbocycles. The van der Waals surface area contributed by atoms with E-state index in [9.17, 15) is 4.79 Å². The lowest BCUT2D eigenvalue weighted by molar-refractivity contribution is 0.0601. The van der Waals surface area contributed by atoms with Gasteiger partial charge in [0.2, 0.25) is 0 Å². The van der Waals surface area contributed by atoms with Crippen LogP contribution in [0.5, 0.6) is 0 Å². The number of imidazole rings is 1. The van der Waals surface area contributed by atoms with Gasteiger partial charge in [0.05, 0.1) is 23.7 Å². The van der Waals surface area contributed by atoms with Crippen LogP contribution in [0.2, 0.25) is 0 Å². The monoisotopic (exact) mass is 330 g/mol. The minimum absolute atomic E-state index is 0.357. The molecule has 0 atom stereocenters. The van der Waals surface area contributed by atoms with Gasteiger partial charge in [-0.05, 0) is 36.4 Å². The summed E-state index contributed by atoms with van der Waals surface area (Å²) in [5, 5.41) is 0. The normalized spacial score (nSPS) is 10.7. The molecular formula is C15H11BrN2O2. The van der Waals surface area contributed by atoms with Gasteiger partial charge in [-0.1, -0.05) is 22.0 Å². The summed E-state index contributed by atoms with van der Waals surface area (Å²) in [5.74, 6) is -0.357. The maximum Gasteiger partial charge on any atom is 0.337 e. The first-order valence-corrected chi connectivity index (χ1v) is 6.80. The van der Waals surface area contributed by atoms with Crippen LogP contribution in [0.4, 0.5) is 0 Å². The first-order valence-electron chi connectivity index (χ1n) is 6.00. The van der Waals surface area contributed by atoms with Crippen molar-refractivity contribution in [3.63, 3.8) is 0 Å². The van der Waals surface area contributed by atoms with Gasteiger partial charge in [-0.25, -0.2) is 9.78 Å². The van der Waals surface area contributed by atoms with Crippen molar-refractivity contribution in [2.45, 2.75) is 0 Å². The number of methoxy groups -OCH3 is 1. The fraction of sp³-hybridized carbons (Fsp3) is 0.0667. The molecule has 3 rings (SSSR count). The van der Waals surface area contributed by atoms with Crippen LogP contribution in [-0.4, -0.2) is 22.6 Å². The Labute approximate surface area is 124 Å². The summed E-state index contributed by atoms with van der Waals surface area (Å²) in [6, 6.07) is 13.3. The number of halogens is 1. The van der Waals surface area contributed by atoms with Crippen LogP contribution < -0.4 is 0 Å². The van der Waals surface area contributed by atoms with Gasteiger partial charge in [-0.15, -0.1) is 0 Å². The highest BCUT2D eigenvalue weighted by Gasteiger charge is 2.10. The number of rotatable bonds is 2. The number of esters is 1. The van der Waals surface area contributed by atoms with E-state index in [1.54, 1.807) is 18.5 Å². The van der Waals surface area contributed by atoms with Crippen LogP contribution in [0, 0.1) is 0 Å². The number of nitrogens with zero attached hydrogens (tertiary/aromatic N) is 2. The van der Waals surface area contributed by atoms with Gasteiger partial charge < -0.3 is 4.74 Å². The number of benzene rings is 2. The van der Waals surface area contributed by atoms with Crippen LogP contribution in [0.1, 0.15) is 10.4 Å². The molecule has 20 heavy (non-hydrogen) atoms. The van der Waals surface area contributed by atoms with E-state index in [-0.39, 0.29) is 5.97 Å². The molecule has 0 spiro atoms. The molecule has 5 heteroatoms. The van der Waals surface area contributed by atoms with Crippen molar-refractivity contribution in [2.24, 2.45) is 0 Å². The molecule has 0 aliphatic carbocycles. The van der Waals surface area contributed by atoms with E-state index >= 15 is 0 Å². The van der Waals surface area contributed by atoms with Crippen LogP contribution in [-0.2, 0) is 4.74 Å². The molecule has 0 fully saturated rings.